The standard InChI is InChI=1S/C13H11O2/c1-2-15-13(14)12-8-7-10-5-3-4-6-11(10)9-12/h3,5-9H,2H2,1H3. The van der Waals surface area contributed by atoms with Crippen LogP contribution in [0.4, 0.5) is 0 Å². The summed E-state index contributed by atoms with van der Waals surface area (Å²) in [6.07, 6.45) is 0. The second kappa shape index (κ2) is 4.13. The normalized spacial score (nSPS) is 10.2. The van der Waals surface area contributed by atoms with Gasteiger partial charge in [-0.1, -0.05) is 18.2 Å². The maximum atomic E-state index is 11.5. The Morgan fingerprint density at radius 1 is 1.33 bits per heavy atom. The van der Waals surface area contributed by atoms with Gasteiger partial charge in [-0.2, -0.15) is 0 Å². The second-order valence-electron chi connectivity index (χ2n) is 3.21. The molecule has 0 aliphatic heterocycles. The zero-order valence-corrected chi connectivity index (χ0v) is 8.49. The van der Waals surface area contributed by atoms with E-state index in [9.17, 15) is 4.79 Å². The van der Waals surface area contributed by atoms with Crippen LogP contribution in [0.25, 0.3) is 10.8 Å². The van der Waals surface area contributed by atoms with Gasteiger partial charge in [0.25, 0.3) is 0 Å². The van der Waals surface area contributed by atoms with Crippen LogP contribution in [0.5, 0.6) is 0 Å². The number of rotatable bonds is 2. The fourth-order valence-corrected chi connectivity index (χ4v) is 1.47. The van der Waals surface area contributed by atoms with E-state index in [2.05, 4.69) is 6.07 Å². The summed E-state index contributed by atoms with van der Waals surface area (Å²) in [7, 11) is 0. The topological polar surface area (TPSA) is 26.3 Å². The molecule has 0 aliphatic rings. The van der Waals surface area contributed by atoms with Crippen molar-refractivity contribution in [3.8, 4) is 0 Å². The summed E-state index contributed by atoms with van der Waals surface area (Å²) in [5.41, 5.74) is 0.587. The van der Waals surface area contributed by atoms with Crippen LogP contribution in [0.15, 0.2) is 36.4 Å². The Balaban J connectivity index is 2.42. The monoisotopic (exact) mass is 199 g/mol. The highest BCUT2D eigenvalue weighted by molar-refractivity contribution is 5.95. The highest BCUT2D eigenvalue weighted by Gasteiger charge is 2.05. The fourth-order valence-electron chi connectivity index (χ4n) is 1.47. The van der Waals surface area contributed by atoms with Crippen molar-refractivity contribution in [2.45, 2.75) is 6.92 Å². The van der Waals surface area contributed by atoms with E-state index in [1.165, 1.54) is 0 Å². The van der Waals surface area contributed by atoms with Crippen LogP contribution >= 0.6 is 0 Å². The smallest absolute Gasteiger partial charge is 0.338 e. The van der Waals surface area contributed by atoms with E-state index in [1.807, 2.05) is 30.3 Å². The molecule has 2 aromatic rings. The number of ether oxygens (including phenoxy) is 1. The minimum Gasteiger partial charge on any atom is -0.462 e. The largest absolute Gasteiger partial charge is 0.462 e. The van der Waals surface area contributed by atoms with Crippen LogP contribution < -0.4 is 0 Å². The first-order chi connectivity index (χ1) is 7.31. The fraction of sp³-hybridized carbons (Fsp3) is 0.154. The summed E-state index contributed by atoms with van der Waals surface area (Å²) >= 11 is 0. The minimum absolute atomic E-state index is 0.275. The molecule has 1 radical (unpaired) electrons. The molecule has 0 fully saturated rings. The van der Waals surface area contributed by atoms with Crippen molar-refractivity contribution in [1.82, 2.24) is 0 Å². The van der Waals surface area contributed by atoms with Gasteiger partial charge < -0.3 is 4.74 Å². The van der Waals surface area contributed by atoms with E-state index in [1.54, 1.807) is 13.0 Å². The summed E-state index contributed by atoms with van der Waals surface area (Å²) in [5.74, 6) is -0.275. The molecule has 0 saturated heterocycles. The van der Waals surface area contributed by atoms with Crippen LogP contribution in [0.1, 0.15) is 17.3 Å². The van der Waals surface area contributed by atoms with Crippen LogP contribution in [0, 0.1) is 6.07 Å². The molecule has 2 nitrogen and oxygen atoms in total. The van der Waals surface area contributed by atoms with Gasteiger partial charge in [0.1, 0.15) is 0 Å². The Labute approximate surface area is 88.5 Å². The number of esters is 1. The number of fused-ring (bicyclic) bond motifs is 1. The van der Waals surface area contributed by atoms with Gasteiger partial charge in [-0.25, -0.2) is 4.79 Å². The van der Waals surface area contributed by atoms with Crippen molar-refractivity contribution in [1.29, 1.82) is 0 Å². The van der Waals surface area contributed by atoms with E-state index in [-0.39, 0.29) is 5.97 Å². The summed E-state index contributed by atoms with van der Waals surface area (Å²) in [4.78, 5) is 11.5. The molecular weight excluding hydrogens is 188 g/mol. The number of hydrogen-bond donors (Lipinski definition) is 0. The molecule has 0 spiro atoms. The molecule has 2 rings (SSSR count). The summed E-state index contributed by atoms with van der Waals surface area (Å²) in [6.45, 7) is 2.20. The molecule has 0 aliphatic carbocycles. The van der Waals surface area contributed by atoms with Crippen LogP contribution in [-0.2, 0) is 4.74 Å². The van der Waals surface area contributed by atoms with Gasteiger partial charge >= 0.3 is 5.97 Å². The summed E-state index contributed by atoms with van der Waals surface area (Å²) in [5, 5.41) is 2.10. The highest BCUT2D eigenvalue weighted by Crippen LogP contribution is 2.15. The summed E-state index contributed by atoms with van der Waals surface area (Å²) in [6, 6.07) is 14.2. The molecule has 0 heterocycles. The Morgan fingerprint density at radius 2 is 2.20 bits per heavy atom. The van der Waals surface area contributed by atoms with Crippen molar-refractivity contribution in [3.63, 3.8) is 0 Å². The Hall–Kier alpha value is -1.83. The van der Waals surface area contributed by atoms with Crippen LogP contribution in [0.3, 0.4) is 0 Å². The molecule has 15 heavy (non-hydrogen) atoms. The van der Waals surface area contributed by atoms with Gasteiger partial charge in [0, 0.05) is 0 Å². The van der Waals surface area contributed by atoms with Crippen molar-refractivity contribution in [2.75, 3.05) is 6.61 Å². The third kappa shape index (κ3) is 1.99. The quantitative estimate of drug-likeness (QED) is 0.695. The first-order valence-electron chi connectivity index (χ1n) is 4.88. The number of benzene rings is 2. The maximum Gasteiger partial charge on any atom is 0.338 e. The molecule has 2 aromatic carbocycles. The zero-order chi connectivity index (χ0) is 10.7. The van der Waals surface area contributed by atoms with Crippen molar-refractivity contribution in [2.24, 2.45) is 0 Å². The predicted molar refractivity (Wildman–Crippen MR) is 58.7 cm³/mol. The van der Waals surface area contributed by atoms with E-state index < -0.39 is 0 Å². The van der Waals surface area contributed by atoms with Gasteiger partial charge in [-0.15, -0.1) is 0 Å². The van der Waals surface area contributed by atoms with E-state index in [4.69, 9.17) is 4.74 Å². The SMILES string of the molecule is CCOC(=O)c1ccc2cc[c]cc2c1. The average Bonchev–Trinajstić information content (AvgIpc) is 2.29. The molecular formula is C13H11O2. The van der Waals surface area contributed by atoms with E-state index >= 15 is 0 Å². The molecule has 0 aromatic heterocycles. The average molecular weight is 199 g/mol. The lowest BCUT2D eigenvalue weighted by atomic mass is 10.1. The number of hydrogen-bond acceptors (Lipinski definition) is 2. The highest BCUT2D eigenvalue weighted by atomic mass is 16.5. The lowest BCUT2D eigenvalue weighted by molar-refractivity contribution is 0.0526. The van der Waals surface area contributed by atoms with Crippen molar-refractivity contribution < 1.29 is 9.53 Å². The Bertz CT molecular complexity index is 489. The van der Waals surface area contributed by atoms with Gasteiger partial charge in [0.05, 0.1) is 12.2 Å². The molecule has 0 bridgehead atoms. The molecule has 0 amide bonds. The zero-order valence-electron chi connectivity index (χ0n) is 8.49. The third-order valence-electron chi connectivity index (χ3n) is 2.20. The molecule has 75 valence electrons. The molecule has 0 unspecified atom stereocenters. The first kappa shape index (κ1) is 9.71. The number of carbonyl (C=O) groups excluding carboxylic acids is 1. The lowest BCUT2D eigenvalue weighted by Crippen LogP contribution is -2.04. The third-order valence-corrected chi connectivity index (χ3v) is 2.20. The van der Waals surface area contributed by atoms with Gasteiger partial charge in [-0.3, -0.25) is 0 Å². The second-order valence-corrected chi connectivity index (χ2v) is 3.21. The molecule has 0 atom stereocenters. The maximum absolute atomic E-state index is 11.5. The predicted octanol–water partition coefficient (Wildman–Crippen LogP) is 2.82. The number of carbonyl (C=O) groups is 1. The van der Waals surface area contributed by atoms with Crippen molar-refractivity contribution in [3.05, 3.63) is 48.0 Å². The molecule has 2 heteroatoms. The first-order valence-corrected chi connectivity index (χ1v) is 4.88. The van der Waals surface area contributed by atoms with E-state index in [0.29, 0.717) is 12.2 Å². The van der Waals surface area contributed by atoms with Crippen molar-refractivity contribution >= 4 is 16.7 Å². The van der Waals surface area contributed by atoms with Crippen LogP contribution in [0.2, 0.25) is 0 Å². The molecule has 0 N–H and O–H groups in total. The molecule has 0 saturated carbocycles. The van der Waals surface area contributed by atoms with Crippen LogP contribution in [-0.4, -0.2) is 12.6 Å². The Morgan fingerprint density at radius 3 is 3.00 bits per heavy atom. The minimum atomic E-state index is -0.275. The lowest BCUT2D eigenvalue weighted by Gasteiger charge is -2.03. The van der Waals surface area contributed by atoms with Gasteiger partial charge in [-0.05, 0) is 42.0 Å². The Kier molecular flexibility index (Phi) is 2.68. The summed E-state index contributed by atoms with van der Waals surface area (Å²) < 4.78 is 4.93. The van der Waals surface area contributed by atoms with Gasteiger partial charge in [0.2, 0.25) is 0 Å². The van der Waals surface area contributed by atoms with Gasteiger partial charge in [0.15, 0.2) is 0 Å². The van der Waals surface area contributed by atoms with E-state index in [0.717, 1.165) is 10.8 Å².